The first-order chi connectivity index (χ1) is 6.18. The average molecular weight is 195 g/mol. The average Bonchev–Trinajstić information content (AvgIpc) is 2.43. The lowest BCUT2D eigenvalue weighted by molar-refractivity contribution is 0.577. The minimum atomic E-state index is -0.275. The van der Waals surface area contributed by atoms with Gasteiger partial charge in [0.15, 0.2) is 5.58 Å². The third-order valence-electron chi connectivity index (χ3n) is 1.88. The van der Waals surface area contributed by atoms with Crippen molar-refractivity contribution in [1.29, 1.82) is 0 Å². The Balaban J connectivity index is 2.82. The van der Waals surface area contributed by atoms with Gasteiger partial charge < -0.3 is 10.2 Å². The van der Waals surface area contributed by atoms with Crippen LogP contribution >= 0.6 is 11.3 Å². The van der Waals surface area contributed by atoms with E-state index in [-0.39, 0.29) is 11.0 Å². The van der Waals surface area contributed by atoms with Gasteiger partial charge in [0.1, 0.15) is 0 Å². The second-order valence-electron chi connectivity index (χ2n) is 2.92. The fourth-order valence-electron chi connectivity index (χ4n) is 1.27. The molecule has 0 aliphatic carbocycles. The Hall–Kier alpha value is -1.13. The fourth-order valence-corrected chi connectivity index (χ4v) is 1.98. The summed E-state index contributed by atoms with van der Waals surface area (Å²) in [6.45, 7) is 1.87. The van der Waals surface area contributed by atoms with E-state index in [1.807, 2.05) is 25.1 Å². The van der Waals surface area contributed by atoms with Crippen LogP contribution < -0.4 is 10.7 Å². The number of hydrogen-bond donors (Lipinski definition) is 1. The van der Waals surface area contributed by atoms with E-state index >= 15 is 0 Å². The quantitative estimate of drug-likeness (QED) is 0.755. The highest BCUT2D eigenvalue weighted by Gasteiger charge is 2.09. The van der Waals surface area contributed by atoms with Gasteiger partial charge in [-0.25, -0.2) is 4.79 Å². The van der Waals surface area contributed by atoms with Gasteiger partial charge in [-0.2, -0.15) is 0 Å². The number of rotatable bonds is 1. The zero-order chi connectivity index (χ0) is 9.42. The molecule has 4 heteroatoms. The molecule has 0 radical (unpaired) electrons. The summed E-state index contributed by atoms with van der Waals surface area (Å²) in [5, 5.41) is 0. The minimum Gasteiger partial charge on any atom is -0.414 e. The van der Waals surface area contributed by atoms with Crippen LogP contribution in [0.15, 0.2) is 27.4 Å². The molecule has 0 fully saturated rings. The van der Waals surface area contributed by atoms with Crippen molar-refractivity contribution < 1.29 is 4.42 Å². The lowest BCUT2D eigenvalue weighted by atomic mass is 10.1. The standard InChI is InChI=1S/C9H9NO2S/c1-5(10)6-3-2-4-7-8(6)12-9(11)13-7/h2-5H,10H2,1H3. The summed E-state index contributed by atoms with van der Waals surface area (Å²) in [7, 11) is 0. The molecule has 0 aliphatic heterocycles. The summed E-state index contributed by atoms with van der Waals surface area (Å²) in [4.78, 5) is 10.7. The Morgan fingerprint density at radius 3 is 3.00 bits per heavy atom. The molecule has 1 unspecified atom stereocenters. The summed E-state index contributed by atoms with van der Waals surface area (Å²) in [5.74, 6) is 0. The molecule has 0 saturated carbocycles. The van der Waals surface area contributed by atoms with Crippen LogP contribution in [-0.2, 0) is 0 Å². The first-order valence-electron chi connectivity index (χ1n) is 3.96. The zero-order valence-electron chi connectivity index (χ0n) is 7.11. The highest BCUT2D eigenvalue weighted by Crippen LogP contribution is 2.24. The number of fused-ring (bicyclic) bond motifs is 1. The van der Waals surface area contributed by atoms with Gasteiger partial charge in [0.25, 0.3) is 0 Å². The summed E-state index contributed by atoms with van der Waals surface area (Å²) in [5.41, 5.74) is 7.25. The SMILES string of the molecule is CC(N)c1cccc2sc(=O)oc12. The van der Waals surface area contributed by atoms with Crippen molar-refractivity contribution in [3.63, 3.8) is 0 Å². The van der Waals surface area contributed by atoms with Crippen LogP contribution in [0.4, 0.5) is 0 Å². The maximum absolute atomic E-state index is 11.0. The predicted octanol–water partition coefficient (Wildman–Crippen LogP) is 1.87. The van der Waals surface area contributed by atoms with E-state index in [2.05, 4.69) is 0 Å². The maximum atomic E-state index is 11.0. The molecule has 2 aromatic rings. The summed E-state index contributed by atoms with van der Waals surface area (Å²) in [6.07, 6.45) is 0. The third-order valence-corrected chi connectivity index (χ3v) is 2.67. The normalized spacial score (nSPS) is 13.4. The van der Waals surface area contributed by atoms with Crippen LogP contribution in [0.1, 0.15) is 18.5 Å². The minimum absolute atomic E-state index is 0.110. The van der Waals surface area contributed by atoms with E-state index in [9.17, 15) is 4.79 Å². The van der Waals surface area contributed by atoms with Gasteiger partial charge in [0, 0.05) is 11.6 Å². The molecular formula is C9H9NO2S. The van der Waals surface area contributed by atoms with Gasteiger partial charge in [-0.05, 0) is 13.0 Å². The zero-order valence-corrected chi connectivity index (χ0v) is 7.93. The molecule has 0 saturated heterocycles. The van der Waals surface area contributed by atoms with E-state index in [0.717, 1.165) is 21.6 Å². The van der Waals surface area contributed by atoms with Crippen molar-refractivity contribution in [2.24, 2.45) is 5.73 Å². The molecule has 0 spiro atoms. The highest BCUT2D eigenvalue weighted by atomic mass is 32.1. The lowest BCUT2D eigenvalue weighted by Gasteiger charge is -2.03. The predicted molar refractivity (Wildman–Crippen MR) is 53.0 cm³/mol. The molecule has 0 aliphatic rings. The van der Waals surface area contributed by atoms with E-state index in [1.165, 1.54) is 0 Å². The molecule has 1 aromatic heterocycles. The first kappa shape index (κ1) is 8.47. The monoisotopic (exact) mass is 195 g/mol. The second kappa shape index (κ2) is 2.97. The van der Waals surface area contributed by atoms with E-state index in [4.69, 9.17) is 10.2 Å². The molecule has 0 bridgehead atoms. The van der Waals surface area contributed by atoms with Gasteiger partial charge in [-0.1, -0.05) is 23.5 Å². The van der Waals surface area contributed by atoms with E-state index in [1.54, 1.807) is 0 Å². The molecule has 1 aromatic carbocycles. The maximum Gasteiger partial charge on any atom is 0.396 e. The Morgan fingerprint density at radius 1 is 1.54 bits per heavy atom. The summed E-state index contributed by atoms with van der Waals surface area (Å²) < 4.78 is 5.90. The molecule has 1 atom stereocenters. The Labute approximate surface area is 78.8 Å². The number of benzene rings is 1. The number of hydrogen-bond acceptors (Lipinski definition) is 4. The van der Waals surface area contributed by atoms with Crippen molar-refractivity contribution in [2.75, 3.05) is 0 Å². The van der Waals surface area contributed by atoms with Gasteiger partial charge in [-0.15, -0.1) is 0 Å². The highest BCUT2D eigenvalue weighted by molar-refractivity contribution is 7.16. The Morgan fingerprint density at radius 2 is 2.31 bits per heavy atom. The molecule has 68 valence electrons. The van der Waals surface area contributed by atoms with Gasteiger partial charge in [-0.3, -0.25) is 0 Å². The van der Waals surface area contributed by atoms with Crippen molar-refractivity contribution >= 4 is 21.6 Å². The van der Waals surface area contributed by atoms with Gasteiger partial charge in [0.05, 0.1) is 4.70 Å². The number of nitrogens with two attached hydrogens (primary N) is 1. The molecular weight excluding hydrogens is 186 g/mol. The van der Waals surface area contributed by atoms with Crippen molar-refractivity contribution in [1.82, 2.24) is 0 Å². The lowest BCUT2D eigenvalue weighted by Crippen LogP contribution is -2.04. The summed E-state index contributed by atoms with van der Waals surface area (Å²) >= 11 is 1.11. The Kier molecular flexibility index (Phi) is 1.94. The Bertz CT molecular complexity index is 484. The molecule has 0 amide bonds. The van der Waals surface area contributed by atoms with Crippen LogP contribution in [0.5, 0.6) is 0 Å². The molecule has 13 heavy (non-hydrogen) atoms. The molecule has 3 nitrogen and oxygen atoms in total. The second-order valence-corrected chi connectivity index (χ2v) is 3.89. The van der Waals surface area contributed by atoms with Crippen LogP contribution in [0.2, 0.25) is 0 Å². The number of para-hydroxylation sites is 1. The van der Waals surface area contributed by atoms with Crippen molar-refractivity contribution in [3.05, 3.63) is 33.5 Å². The van der Waals surface area contributed by atoms with Crippen molar-refractivity contribution in [2.45, 2.75) is 13.0 Å². The summed E-state index contributed by atoms with van der Waals surface area (Å²) in [6, 6.07) is 5.51. The van der Waals surface area contributed by atoms with Crippen molar-refractivity contribution in [3.8, 4) is 0 Å². The van der Waals surface area contributed by atoms with Gasteiger partial charge >= 0.3 is 4.94 Å². The molecule has 2 N–H and O–H groups in total. The van der Waals surface area contributed by atoms with E-state index in [0.29, 0.717) is 5.58 Å². The van der Waals surface area contributed by atoms with Crippen LogP contribution in [-0.4, -0.2) is 0 Å². The first-order valence-corrected chi connectivity index (χ1v) is 4.78. The van der Waals surface area contributed by atoms with Crippen LogP contribution in [0.25, 0.3) is 10.3 Å². The van der Waals surface area contributed by atoms with Crippen LogP contribution in [0.3, 0.4) is 0 Å². The largest absolute Gasteiger partial charge is 0.414 e. The third kappa shape index (κ3) is 1.38. The van der Waals surface area contributed by atoms with Crippen LogP contribution in [0, 0.1) is 0 Å². The molecule has 2 rings (SSSR count). The van der Waals surface area contributed by atoms with Gasteiger partial charge in [0.2, 0.25) is 0 Å². The topological polar surface area (TPSA) is 56.2 Å². The smallest absolute Gasteiger partial charge is 0.396 e. The van der Waals surface area contributed by atoms with E-state index < -0.39 is 0 Å². The molecule has 1 heterocycles. The fraction of sp³-hybridized carbons (Fsp3) is 0.222.